The topological polar surface area (TPSA) is 56.5 Å². The maximum atomic E-state index is 5.92. The fourth-order valence-corrected chi connectivity index (χ4v) is 1.41. The van der Waals surface area contributed by atoms with Gasteiger partial charge < -0.3 is 20.5 Å². The standard InChI is InChI=1S/C13H20N2O2/c1-9(2)5-6-15-11-8-13(17-4)12(16-3)7-10(11)14/h5,7-8,15H,6,14H2,1-4H3. The summed E-state index contributed by atoms with van der Waals surface area (Å²) in [4.78, 5) is 0. The summed E-state index contributed by atoms with van der Waals surface area (Å²) in [5.74, 6) is 1.30. The van der Waals surface area contributed by atoms with E-state index in [-0.39, 0.29) is 0 Å². The van der Waals surface area contributed by atoms with Crippen LogP contribution in [-0.2, 0) is 0 Å². The van der Waals surface area contributed by atoms with Gasteiger partial charge in [-0.25, -0.2) is 0 Å². The molecule has 3 N–H and O–H groups in total. The third kappa shape index (κ3) is 3.59. The molecule has 1 aromatic carbocycles. The van der Waals surface area contributed by atoms with E-state index in [9.17, 15) is 0 Å². The first-order valence-electron chi connectivity index (χ1n) is 5.47. The molecule has 0 spiro atoms. The van der Waals surface area contributed by atoms with Crippen LogP contribution in [0.4, 0.5) is 11.4 Å². The molecule has 0 aromatic heterocycles. The zero-order valence-electron chi connectivity index (χ0n) is 10.8. The van der Waals surface area contributed by atoms with Crippen LogP contribution in [0.1, 0.15) is 13.8 Å². The molecule has 0 fully saturated rings. The molecule has 0 heterocycles. The molecule has 0 amide bonds. The predicted octanol–water partition coefficient (Wildman–Crippen LogP) is 2.66. The van der Waals surface area contributed by atoms with Gasteiger partial charge in [-0.3, -0.25) is 0 Å². The van der Waals surface area contributed by atoms with E-state index in [4.69, 9.17) is 15.2 Å². The molecule has 0 atom stereocenters. The molecule has 4 nitrogen and oxygen atoms in total. The van der Waals surface area contributed by atoms with Crippen molar-refractivity contribution >= 4 is 11.4 Å². The Kier molecular flexibility index (Phi) is 4.69. The van der Waals surface area contributed by atoms with E-state index in [2.05, 4.69) is 25.2 Å². The molecule has 0 unspecified atom stereocenters. The molecule has 0 aliphatic rings. The summed E-state index contributed by atoms with van der Waals surface area (Å²) in [6, 6.07) is 3.59. The molecule has 1 aromatic rings. The third-order valence-electron chi connectivity index (χ3n) is 2.36. The SMILES string of the molecule is COc1cc(N)c(NCC=C(C)C)cc1OC. The van der Waals surface area contributed by atoms with E-state index in [1.807, 2.05) is 6.07 Å². The van der Waals surface area contributed by atoms with Crippen LogP contribution < -0.4 is 20.5 Å². The molecule has 0 radical (unpaired) electrons. The summed E-state index contributed by atoms with van der Waals surface area (Å²) < 4.78 is 10.4. The van der Waals surface area contributed by atoms with Crippen LogP contribution in [0, 0.1) is 0 Å². The molecular formula is C13H20N2O2. The largest absolute Gasteiger partial charge is 0.493 e. The van der Waals surface area contributed by atoms with E-state index < -0.39 is 0 Å². The fourth-order valence-electron chi connectivity index (χ4n) is 1.41. The molecule has 17 heavy (non-hydrogen) atoms. The Morgan fingerprint density at radius 1 is 1.24 bits per heavy atom. The molecule has 0 aliphatic heterocycles. The lowest BCUT2D eigenvalue weighted by Crippen LogP contribution is -2.03. The van der Waals surface area contributed by atoms with Crippen molar-refractivity contribution in [3.8, 4) is 11.5 Å². The van der Waals surface area contributed by atoms with E-state index in [1.165, 1.54) is 5.57 Å². The third-order valence-corrected chi connectivity index (χ3v) is 2.36. The van der Waals surface area contributed by atoms with E-state index in [0.29, 0.717) is 17.2 Å². The maximum absolute atomic E-state index is 5.92. The highest BCUT2D eigenvalue weighted by atomic mass is 16.5. The number of hydrogen-bond donors (Lipinski definition) is 2. The van der Waals surface area contributed by atoms with Gasteiger partial charge in [-0.05, 0) is 13.8 Å². The molecule has 94 valence electrons. The van der Waals surface area contributed by atoms with Gasteiger partial charge in [-0.2, -0.15) is 0 Å². The monoisotopic (exact) mass is 236 g/mol. The second-order valence-corrected chi connectivity index (χ2v) is 3.96. The Morgan fingerprint density at radius 3 is 2.35 bits per heavy atom. The second-order valence-electron chi connectivity index (χ2n) is 3.96. The summed E-state index contributed by atoms with van der Waals surface area (Å²) in [5.41, 5.74) is 8.67. The lowest BCUT2D eigenvalue weighted by atomic mass is 10.2. The number of nitrogens with two attached hydrogens (primary N) is 1. The van der Waals surface area contributed by atoms with Crippen LogP contribution >= 0.6 is 0 Å². The highest BCUT2D eigenvalue weighted by Gasteiger charge is 2.08. The number of allylic oxidation sites excluding steroid dienone is 1. The summed E-state index contributed by atoms with van der Waals surface area (Å²) in [6.45, 7) is 4.85. The van der Waals surface area contributed by atoms with Gasteiger partial charge in [0.15, 0.2) is 11.5 Å². The zero-order valence-corrected chi connectivity index (χ0v) is 10.8. The smallest absolute Gasteiger partial charge is 0.162 e. The number of nitrogens with one attached hydrogen (secondary N) is 1. The average molecular weight is 236 g/mol. The number of benzene rings is 1. The van der Waals surface area contributed by atoms with Crippen molar-refractivity contribution in [3.05, 3.63) is 23.8 Å². The van der Waals surface area contributed by atoms with Gasteiger partial charge in [0, 0.05) is 18.7 Å². The zero-order chi connectivity index (χ0) is 12.8. The Morgan fingerprint density at radius 2 is 1.82 bits per heavy atom. The fraction of sp³-hybridized carbons (Fsp3) is 0.385. The Balaban J connectivity index is 2.89. The first-order valence-corrected chi connectivity index (χ1v) is 5.47. The Labute approximate surface area is 102 Å². The van der Waals surface area contributed by atoms with Crippen LogP contribution in [0.3, 0.4) is 0 Å². The number of nitrogen functional groups attached to an aromatic ring is 1. The van der Waals surface area contributed by atoms with Crippen LogP contribution in [0.25, 0.3) is 0 Å². The quantitative estimate of drug-likeness (QED) is 0.609. The van der Waals surface area contributed by atoms with E-state index >= 15 is 0 Å². The van der Waals surface area contributed by atoms with Crippen molar-refractivity contribution in [1.82, 2.24) is 0 Å². The normalized spacial score (nSPS) is 9.65. The lowest BCUT2D eigenvalue weighted by Gasteiger charge is -2.13. The molecular weight excluding hydrogens is 216 g/mol. The van der Waals surface area contributed by atoms with E-state index in [0.717, 1.165) is 12.2 Å². The Hall–Kier alpha value is -1.84. The summed E-state index contributed by atoms with van der Waals surface area (Å²) in [7, 11) is 3.20. The van der Waals surface area contributed by atoms with Gasteiger partial charge in [0.25, 0.3) is 0 Å². The lowest BCUT2D eigenvalue weighted by molar-refractivity contribution is 0.355. The number of ether oxygens (including phenoxy) is 2. The van der Waals surface area contributed by atoms with Gasteiger partial charge in [-0.1, -0.05) is 11.6 Å². The van der Waals surface area contributed by atoms with E-state index in [1.54, 1.807) is 20.3 Å². The summed E-state index contributed by atoms with van der Waals surface area (Å²) in [6.07, 6.45) is 2.09. The van der Waals surface area contributed by atoms with Gasteiger partial charge in [0.05, 0.1) is 25.6 Å². The molecule has 4 heteroatoms. The number of anilines is 2. The summed E-state index contributed by atoms with van der Waals surface area (Å²) >= 11 is 0. The molecule has 0 bridgehead atoms. The second kappa shape index (κ2) is 6.03. The molecule has 1 rings (SSSR count). The minimum Gasteiger partial charge on any atom is -0.493 e. The number of rotatable bonds is 5. The Bertz CT molecular complexity index is 410. The predicted molar refractivity (Wildman–Crippen MR) is 71.9 cm³/mol. The van der Waals surface area contributed by atoms with Crippen molar-refractivity contribution in [2.75, 3.05) is 31.8 Å². The minimum absolute atomic E-state index is 0.637. The van der Waals surface area contributed by atoms with Crippen LogP contribution in [-0.4, -0.2) is 20.8 Å². The highest BCUT2D eigenvalue weighted by Crippen LogP contribution is 2.34. The first kappa shape index (κ1) is 13.2. The van der Waals surface area contributed by atoms with Crippen molar-refractivity contribution in [1.29, 1.82) is 0 Å². The maximum Gasteiger partial charge on any atom is 0.162 e. The number of hydrogen-bond acceptors (Lipinski definition) is 4. The van der Waals surface area contributed by atoms with Gasteiger partial charge in [0.1, 0.15) is 0 Å². The summed E-state index contributed by atoms with van der Waals surface area (Å²) in [5, 5.41) is 3.23. The molecule has 0 saturated heterocycles. The van der Waals surface area contributed by atoms with Crippen molar-refractivity contribution in [2.24, 2.45) is 0 Å². The minimum atomic E-state index is 0.637. The molecule has 0 saturated carbocycles. The first-order chi connectivity index (χ1) is 8.08. The van der Waals surface area contributed by atoms with Crippen LogP contribution in [0.2, 0.25) is 0 Å². The molecule has 0 aliphatic carbocycles. The van der Waals surface area contributed by atoms with Crippen LogP contribution in [0.15, 0.2) is 23.8 Å². The van der Waals surface area contributed by atoms with Crippen molar-refractivity contribution in [2.45, 2.75) is 13.8 Å². The number of methoxy groups -OCH3 is 2. The van der Waals surface area contributed by atoms with Crippen molar-refractivity contribution < 1.29 is 9.47 Å². The van der Waals surface area contributed by atoms with Gasteiger partial charge in [-0.15, -0.1) is 0 Å². The highest BCUT2D eigenvalue weighted by molar-refractivity contribution is 5.72. The van der Waals surface area contributed by atoms with Crippen LogP contribution in [0.5, 0.6) is 11.5 Å². The average Bonchev–Trinajstić information content (AvgIpc) is 2.30. The van der Waals surface area contributed by atoms with Gasteiger partial charge >= 0.3 is 0 Å². The van der Waals surface area contributed by atoms with Crippen molar-refractivity contribution in [3.63, 3.8) is 0 Å². The van der Waals surface area contributed by atoms with Gasteiger partial charge in [0.2, 0.25) is 0 Å².